The van der Waals surface area contributed by atoms with Crippen LogP contribution in [0.15, 0.2) is 30.3 Å². The summed E-state index contributed by atoms with van der Waals surface area (Å²) in [6.07, 6.45) is 2.54. The van der Waals surface area contributed by atoms with E-state index in [1.807, 2.05) is 0 Å². The molecule has 0 aromatic heterocycles. The maximum atomic E-state index is 3.63. The first kappa shape index (κ1) is 9.72. The van der Waals surface area contributed by atoms with Crippen molar-refractivity contribution in [1.82, 2.24) is 5.32 Å². The van der Waals surface area contributed by atoms with E-state index >= 15 is 0 Å². The van der Waals surface area contributed by atoms with Crippen LogP contribution in [0, 0.1) is 0 Å². The molecule has 14 heavy (non-hydrogen) atoms. The van der Waals surface area contributed by atoms with Crippen molar-refractivity contribution in [2.45, 2.75) is 38.1 Å². The first-order chi connectivity index (χ1) is 6.82. The van der Waals surface area contributed by atoms with Gasteiger partial charge in [0.2, 0.25) is 0 Å². The highest BCUT2D eigenvalue weighted by atomic mass is 15.0. The molecule has 76 valence electrons. The van der Waals surface area contributed by atoms with Crippen molar-refractivity contribution in [1.29, 1.82) is 0 Å². The van der Waals surface area contributed by atoms with E-state index in [2.05, 4.69) is 49.5 Å². The molecule has 1 fully saturated rings. The third-order valence-corrected chi connectivity index (χ3v) is 3.44. The van der Waals surface area contributed by atoms with Crippen LogP contribution in [-0.4, -0.2) is 12.1 Å². The number of likely N-dealkylation sites (N-methyl/N-ethyl adjacent to an activating group) is 1. The van der Waals surface area contributed by atoms with Gasteiger partial charge < -0.3 is 5.32 Å². The van der Waals surface area contributed by atoms with Crippen LogP contribution in [0.1, 0.15) is 38.2 Å². The van der Waals surface area contributed by atoms with Crippen LogP contribution < -0.4 is 5.32 Å². The molecule has 2 unspecified atom stereocenters. The van der Waals surface area contributed by atoms with Gasteiger partial charge in [0.25, 0.3) is 0 Å². The van der Waals surface area contributed by atoms with E-state index < -0.39 is 0 Å². The van der Waals surface area contributed by atoms with Crippen LogP contribution in [0.2, 0.25) is 0 Å². The molecule has 1 heteroatoms. The molecule has 1 aromatic carbocycles. The Bertz CT molecular complexity index is 293. The fraction of sp³-hybridized carbons (Fsp3) is 0.538. The monoisotopic (exact) mass is 189 g/mol. The van der Waals surface area contributed by atoms with Crippen molar-refractivity contribution in [3.8, 4) is 0 Å². The van der Waals surface area contributed by atoms with Crippen LogP contribution in [0.25, 0.3) is 0 Å². The summed E-state index contributed by atoms with van der Waals surface area (Å²) in [6.45, 7) is 5.56. The second-order valence-corrected chi connectivity index (χ2v) is 4.21. The van der Waals surface area contributed by atoms with Gasteiger partial charge in [-0.05, 0) is 24.9 Å². The highest BCUT2D eigenvalue weighted by Gasteiger charge is 2.52. The molecule has 1 nitrogen and oxygen atoms in total. The summed E-state index contributed by atoms with van der Waals surface area (Å²) in [6, 6.07) is 10.9. The summed E-state index contributed by atoms with van der Waals surface area (Å²) in [5, 5.41) is 3.63. The Morgan fingerprint density at radius 2 is 2.00 bits per heavy atom. The summed E-state index contributed by atoms with van der Waals surface area (Å²) >= 11 is 0. The zero-order valence-electron chi connectivity index (χ0n) is 9.09. The Kier molecular flexibility index (Phi) is 2.60. The van der Waals surface area contributed by atoms with Crippen LogP contribution in [0.5, 0.6) is 0 Å². The zero-order chi connectivity index (χ0) is 10.0. The second kappa shape index (κ2) is 3.74. The first-order valence-electron chi connectivity index (χ1n) is 5.62. The minimum absolute atomic E-state index is 0.413. The quantitative estimate of drug-likeness (QED) is 0.768. The van der Waals surface area contributed by atoms with E-state index in [9.17, 15) is 0 Å². The van der Waals surface area contributed by atoms with Crippen molar-refractivity contribution in [2.75, 3.05) is 6.54 Å². The molecule has 1 aromatic rings. The average Bonchev–Trinajstić information content (AvgIpc) is 2.95. The van der Waals surface area contributed by atoms with Crippen LogP contribution >= 0.6 is 0 Å². The molecule has 0 spiro atoms. The SMILES string of the molecule is CCNC1(CC)CC1c1ccccc1. The average molecular weight is 189 g/mol. The molecule has 0 saturated heterocycles. The van der Waals surface area contributed by atoms with Crippen molar-refractivity contribution >= 4 is 0 Å². The minimum Gasteiger partial charge on any atom is -0.311 e. The molecule has 2 atom stereocenters. The topological polar surface area (TPSA) is 12.0 Å². The lowest BCUT2D eigenvalue weighted by Gasteiger charge is -2.16. The molecule has 1 aliphatic rings. The van der Waals surface area contributed by atoms with E-state index in [0.29, 0.717) is 5.54 Å². The van der Waals surface area contributed by atoms with Crippen LogP contribution in [0.4, 0.5) is 0 Å². The summed E-state index contributed by atoms with van der Waals surface area (Å²) < 4.78 is 0. The summed E-state index contributed by atoms with van der Waals surface area (Å²) in [4.78, 5) is 0. The largest absolute Gasteiger partial charge is 0.311 e. The van der Waals surface area contributed by atoms with Gasteiger partial charge in [-0.25, -0.2) is 0 Å². The van der Waals surface area contributed by atoms with Crippen molar-refractivity contribution in [3.05, 3.63) is 35.9 Å². The fourth-order valence-corrected chi connectivity index (χ4v) is 2.49. The Morgan fingerprint density at radius 1 is 1.29 bits per heavy atom. The normalized spacial score (nSPS) is 30.3. The van der Waals surface area contributed by atoms with Crippen molar-refractivity contribution in [3.63, 3.8) is 0 Å². The van der Waals surface area contributed by atoms with Gasteiger partial charge in [0.05, 0.1) is 0 Å². The van der Waals surface area contributed by atoms with Gasteiger partial charge in [-0.3, -0.25) is 0 Å². The molecule has 1 aliphatic carbocycles. The summed E-state index contributed by atoms with van der Waals surface area (Å²) in [7, 11) is 0. The Labute approximate surface area is 86.5 Å². The predicted molar refractivity (Wildman–Crippen MR) is 60.5 cm³/mol. The third kappa shape index (κ3) is 1.57. The standard InChI is InChI=1S/C13H19N/c1-3-13(14-4-2)10-12(13)11-8-6-5-7-9-11/h5-9,12,14H,3-4,10H2,1-2H3. The summed E-state index contributed by atoms with van der Waals surface area (Å²) in [5.41, 5.74) is 1.91. The Morgan fingerprint density at radius 3 is 2.57 bits per heavy atom. The predicted octanol–water partition coefficient (Wildman–Crippen LogP) is 2.93. The maximum absolute atomic E-state index is 3.63. The number of nitrogens with one attached hydrogen (secondary N) is 1. The van der Waals surface area contributed by atoms with E-state index in [1.165, 1.54) is 18.4 Å². The number of hydrogen-bond donors (Lipinski definition) is 1. The molecule has 1 saturated carbocycles. The number of hydrogen-bond acceptors (Lipinski definition) is 1. The molecular formula is C13H19N. The highest BCUT2D eigenvalue weighted by Crippen LogP contribution is 2.53. The van der Waals surface area contributed by atoms with Crippen LogP contribution in [0.3, 0.4) is 0 Å². The van der Waals surface area contributed by atoms with Gasteiger partial charge in [0.15, 0.2) is 0 Å². The maximum Gasteiger partial charge on any atom is 0.0254 e. The lowest BCUT2D eigenvalue weighted by atomic mass is 10.0. The van der Waals surface area contributed by atoms with Gasteiger partial charge in [0.1, 0.15) is 0 Å². The number of benzene rings is 1. The van der Waals surface area contributed by atoms with E-state index in [1.54, 1.807) is 0 Å². The minimum atomic E-state index is 0.413. The molecule has 0 bridgehead atoms. The van der Waals surface area contributed by atoms with Crippen molar-refractivity contribution in [2.24, 2.45) is 0 Å². The van der Waals surface area contributed by atoms with Gasteiger partial charge >= 0.3 is 0 Å². The van der Waals surface area contributed by atoms with Gasteiger partial charge in [-0.15, -0.1) is 0 Å². The highest BCUT2D eigenvalue weighted by molar-refractivity contribution is 5.33. The second-order valence-electron chi connectivity index (χ2n) is 4.21. The third-order valence-electron chi connectivity index (χ3n) is 3.44. The van der Waals surface area contributed by atoms with E-state index in [4.69, 9.17) is 0 Å². The van der Waals surface area contributed by atoms with Gasteiger partial charge in [0, 0.05) is 11.5 Å². The first-order valence-corrected chi connectivity index (χ1v) is 5.62. The molecule has 0 amide bonds. The smallest absolute Gasteiger partial charge is 0.0254 e. The summed E-state index contributed by atoms with van der Waals surface area (Å²) in [5.74, 6) is 0.744. The van der Waals surface area contributed by atoms with Crippen LogP contribution in [-0.2, 0) is 0 Å². The lowest BCUT2D eigenvalue weighted by molar-refractivity contribution is 0.484. The Hall–Kier alpha value is -0.820. The van der Waals surface area contributed by atoms with E-state index in [0.717, 1.165) is 12.5 Å². The van der Waals surface area contributed by atoms with Gasteiger partial charge in [-0.2, -0.15) is 0 Å². The van der Waals surface area contributed by atoms with Gasteiger partial charge in [-0.1, -0.05) is 44.2 Å². The molecule has 1 N–H and O–H groups in total. The molecule has 0 aliphatic heterocycles. The molecule has 0 heterocycles. The Balaban J connectivity index is 2.10. The van der Waals surface area contributed by atoms with Crippen molar-refractivity contribution < 1.29 is 0 Å². The zero-order valence-corrected chi connectivity index (χ0v) is 9.09. The fourth-order valence-electron chi connectivity index (χ4n) is 2.49. The van der Waals surface area contributed by atoms with E-state index in [-0.39, 0.29) is 0 Å². The number of rotatable bonds is 4. The lowest BCUT2D eigenvalue weighted by Crippen LogP contribution is -2.32. The molecule has 0 radical (unpaired) electrons. The molecular weight excluding hydrogens is 170 g/mol. The molecule has 2 rings (SSSR count).